The van der Waals surface area contributed by atoms with Crippen LogP contribution in [0.1, 0.15) is 0 Å². The average molecular weight is 162 g/mol. The molecular formula is C7H8N5+. The number of tetrazole rings is 1. The van der Waals surface area contributed by atoms with Gasteiger partial charge in [-0.2, -0.15) is 0 Å². The van der Waals surface area contributed by atoms with Gasteiger partial charge in [-0.15, -0.1) is 0 Å². The van der Waals surface area contributed by atoms with Gasteiger partial charge >= 0.3 is 5.82 Å². The fraction of sp³-hybridized carbons (Fsp3) is 0. The van der Waals surface area contributed by atoms with Gasteiger partial charge in [-0.1, -0.05) is 23.0 Å². The monoisotopic (exact) mass is 162 g/mol. The molecule has 0 atom stereocenters. The average Bonchev–Trinajstić information content (AvgIpc) is 2.53. The smallest absolute Gasteiger partial charge is 0.271 e. The lowest BCUT2D eigenvalue weighted by Gasteiger charge is -1.89. The zero-order valence-corrected chi connectivity index (χ0v) is 6.31. The number of nitrogen functional groups attached to an aromatic ring is 1. The van der Waals surface area contributed by atoms with E-state index >= 15 is 0 Å². The maximum atomic E-state index is 5.51. The highest BCUT2D eigenvalue weighted by atomic mass is 15.6. The van der Waals surface area contributed by atoms with Gasteiger partial charge < -0.3 is 0 Å². The van der Waals surface area contributed by atoms with Gasteiger partial charge in [0.2, 0.25) is 0 Å². The van der Waals surface area contributed by atoms with Crippen LogP contribution in [-0.2, 0) is 0 Å². The summed E-state index contributed by atoms with van der Waals surface area (Å²) in [6.45, 7) is 0. The Morgan fingerprint density at radius 1 is 1.25 bits per heavy atom. The summed E-state index contributed by atoms with van der Waals surface area (Å²) in [7, 11) is 0. The Balaban J connectivity index is 2.51. The Morgan fingerprint density at radius 3 is 2.58 bits per heavy atom. The third-order valence-corrected chi connectivity index (χ3v) is 1.56. The molecule has 5 heteroatoms. The van der Waals surface area contributed by atoms with Crippen LogP contribution < -0.4 is 10.6 Å². The molecule has 2 rings (SSSR count). The molecule has 60 valence electrons. The molecule has 5 nitrogen and oxygen atoms in total. The zero-order valence-electron chi connectivity index (χ0n) is 6.31. The first-order chi connectivity index (χ1) is 5.88. The molecule has 1 heterocycles. The van der Waals surface area contributed by atoms with E-state index in [-0.39, 0.29) is 0 Å². The first kappa shape index (κ1) is 6.78. The number of rotatable bonds is 1. The largest absolute Gasteiger partial charge is 0.353 e. The van der Waals surface area contributed by atoms with Gasteiger partial charge in [0.05, 0.1) is 5.56 Å². The van der Waals surface area contributed by atoms with Gasteiger partial charge in [-0.3, -0.25) is 5.84 Å². The third kappa shape index (κ3) is 1.01. The molecule has 1 aromatic carbocycles. The van der Waals surface area contributed by atoms with Gasteiger partial charge in [0.1, 0.15) is 5.10 Å². The number of aromatic amines is 1. The van der Waals surface area contributed by atoms with E-state index in [1.165, 1.54) is 4.79 Å². The lowest BCUT2D eigenvalue weighted by molar-refractivity contribution is -0.690. The van der Waals surface area contributed by atoms with Crippen LogP contribution in [0.3, 0.4) is 0 Å². The minimum absolute atomic E-state index is 0.621. The highest BCUT2D eigenvalue weighted by Gasteiger charge is 2.13. The van der Waals surface area contributed by atoms with Crippen molar-refractivity contribution in [1.82, 2.24) is 15.5 Å². The summed E-state index contributed by atoms with van der Waals surface area (Å²) in [5.74, 6) is 6.13. The minimum Gasteiger partial charge on any atom is -0.271 e. The molecule has 0 saturated heterocycles. The van der Waals surface area contributed by atoms with Crippen LogP contribution in [0.2, 0.25) is 0 Å². The van der Waals surface area contributed by atoms with Crippen LogP contribution in [-0.4, -0.2) is 15.5 Å². The van der Waals surface area contributed by atoms with E-state index in [0.717, 1.165) is 5.56 Å². The first-order valence-corrected chi connectivity index (χ1v) is 3.51. The second-order valence-electron chi connectivity index (χ2n) is 2.36. The Labute approximate surface area is 68.8 Å². The standard InChI is InChI=1S/C7H7N5/c8-12-7(9-10-11-12)6-4-2-1-3-5-6/h1-5H,8H2/p+1. The highest BCUT2D eigenvalue weighted by Crippen LogP contribution is 2.08. The predicted molar refractivity (Wildman–Crippen MR) is 42.2 cm³/mol. The van der Waals surface area contributed by atoms with E-state index in [4.69, 9.17) is 5.84 Å². The molecule has 2 aromatic rings. The molecule has 0 aliphatic heterocycles. The Hall–Kier alpha value is -1.91. The number of nitrogens with two attached hydrogens (primary N) is 1. The molecular weight excluding hydrogens is 154 g/mol. The summed E-state index contributed by atoms with van der Waals surface area (Å²) in [6.07, 6.45) is 0. The van der Waals surface area contributed by atoms with E-state index in [9.17, 15) is 0 Å². The molecule has 0 bridgehead atoms. The lowest BCUT2D eigenvalue weighted by atomic mass is 10.2. The molecule has 0 radical (unpaired) electrons. The minimum atomic E-state index is 0.621. The van der Waals surface area contributed by atoms with Crippen LogP contribution in [0.5, 0.6) is 0 Å². The summed E-state index contributed by atoms with van der Waals surface area (Å²) in [5, 5.41) is 9.88. The molecule has 0 aliphatic rings. The van der Waals surface area contributed by atoms with Crippen molar-refractivity contribution in [3.8, 4) is 11.4 Å². The van der Waals surface area contributed by atoms with Crippen LogP contribution in [0.4, 0.5) is 0 Å². The van der Waals surface area contributed by atoms with Crippen molar-refractivity contribution in [3.63, 3.8) is 0 Å². The van der Waals surface area contributed by atoms with Crippen molar-refractivity contribution in [2.75, 3.05) is 5.84 Å². The van der Waals surface area contributed by atoms with Crippen molar-refractivity contribution in [3.05, 3.63) is 30.3 Å². The first-order valence-electron chi connectivity index (χ1n) is 3.51. The maximum Gasteiger partial charge on any atom is 0.353 e. The number of hydrogen-bond donors (Lipinski definition) is 2. The lowest BCUT2D eigenvalue weighted by Crippen LogP contribution is -2.48. The molecule has 0 spiro atoms. The number of hydrogen-bond acceptors (Lipinski definition) is 3. The number of nitrogens with one attached hydrogen (secondary N) is 1. The van der Waals surface area contributed by atoms with Gasteiger partial charge in [0.25, 0.3) is 0 Å². The van der Waals surface area contributed by atoms with Crippen molar-refractivity contribution in [2.24, 2.45) is 0 Å². The fourth-order valence-electron chi connectivity index (χ4n) is 0.997. The Morgan fingerprint density at radius 2 is 2.00 bits per heavy atom. The quantitative estimate of drug-likeness (QED) is 0.437. The fourth-order valence-corrected chi connectivity index (χ4v) is 0.997. The van der Waals surface area contributed by atoms with E-state index in [1.54, 1.807) is 0 Å². The van der Waals surface area contributed by atoms with Crippen molar-refractivity contribution in [1.29, 1.82) is 0 Å². The van der Waals surface area contributed by atoms with Crippen LogP contribution >= 0.6 is 0 Å². The number of aromatic nitrogens is 4. The second kappa shape index (κ2) is 2.61. The maximum absolute atomic E-state index is 5.51. The Bertz CT molecular complexity index is 366. The molecule has 0 amide bonds. The molecule has 0 saturated carbocycles. The molecule has 0 unspecified atom stereocenters. The van der Waals surface area contributed by atoms with E-state index < -0.39 is 0 Å². The molecule has 0 aliphatic carbocycles. The van der Waals surface area contributed by atoms with Crippen LogP contribution in [0, 0.1) is 0 Å². The zero-order chi connectivity index (χ0) is 8.39. The number of H-pyrrole nitrogens is 1. The topological polar surface area (TPSA) is 71.5 Å². The normalized spacial score (nSPS) is 10.0. The van der Waals surface area contributed by atoms with Crippen LogP contribution in [0.25, 0.3) is 11.4 Å². The Kier molecular flexibility index (Phi) is 1.48. The number of benzene rings is 1. The van der Waals surface area contributed by atoms with Crippen molar-refractivity contribution in [2.45, 2.75) is 0 Å². The van der Waals surface area contributed by atoms with Crippen molar-refractivity contribution >= 4 is 0 Å². The van der Waals surface area contributed by atoms with Gasteiger partial charge in [-0.25, -0.2) is 0 Å². The number of nitrogens with zero attached hydrogens (tertiary/aromatic N) is 3. The van der Waals surface area contributed by atoms with Crippen LogP contribution in [0.15, 0.2) is 30.3 Å². The summed E-state index contributed by atoms with van der Waals surface area (Å²) in [5.41, 5.74) is 0.939. The summed E-state index contributed by atoms with van der Waals surface area (Å²) >= 11 is 0. The molecule has 1 aromatic heterocycles. The third-order valence-electron chi connectivity index (χ3n) is 1.56. The molecule has 12 heavy (non-hydrogen) atoms. The molecule has 3 N–H and O–H groups in total. The van der Waals surface area contributed by atoms with Gasteiger partial charge in [-0.05, 0) is 17.3 Å². The predicted octanol–water partition coefficient (Wildman–Crippen LogP) is -0.527. The highest BCUT2D eigenvalue weighted by molar-refractivity contribution is 5.50. The SMILES string of the molecule is N[n+]1[nH]nnc1-c1ccccc1. The van der Waals surface area contributed by atoms with Crippen molar-refractivity contribution < 1.29 is 4.79 Å². The summed E-state index contributed by atoms with van der Waals surface area (Å²) in [6, 6.07) is 9.61. The van der Waals surface area contributed by atoms with Gasteiger partial charge in [0.15, 0.2) is 5.21 Å². The molecule has 0 fully saturated rings. The van der Waals surface area contributed by atoms with E-state index in [0.29, 0.717) is 5.82 Å². The van der Waals surface area contributed by atoms with E-state index in [2.05, 4.69) is 15.5 Å². The van der Waals surface area contributed by atoms with E-state index in [1.807, 2.05) is 30.3 Å². The summed E-state index contributed by atoms with van der Waals surface area (Å²) < 4.78 is 0. The summed E-state index contributed by atoms with van der Waals surface area (Å²) in [4.78, 5) is 1.27. The second-order valence-corrected chi connectivity index (χ2v) is 2.36. The van der Waals surface area contributed by atoms with Gasteiger partial charge in [0, 0.05) is 0 Å².